The smallest absolute Gasteiger partial charge is 0.103 e. The number of hydrogen-bond donors (Lipinski definition) is 1. The molecule has 0 aromatic heterocycles. The van der Waals surface area contributed by atoms with E-state index in [0.717, 1.165) is 5.70 Å². The van der Waals surface area contributed by atoms with Gasteiger partial charge in [0.2, 0.25) is 0 Å². The van der Waals surface area contributed by atoms with Gasteiger partial charge in [-0.3, -0.25) is 5.41 Å². The van der Waals surface area contributed by atoms with Crippen LogP contribution in [0.15, 0.2) is 12.3 Å². The largest absolute Gasteiger partial charge is 0.332 e. The second-order valence-corrected chi connectivity index (χ2v) is 3.74. The molecule has 0 spiro atoms. The molecular weight excluding hydrogens is 148 g/mol. The molecule has 12 heavy (non-hydrogen) atoms. The Balaban J connectivity index is 4.52. The van der Waals surface area contributed by atoms with E-state index in [1.807, 2.05) is 25.7 Å². The van der Waals surface area contributed by atoms with Crippen molar-refractivity contribution in [2.24, 2.45) is 5.92 Å². The first-order chi connectivity index (χ1) is 5.37. The Kier molecular flexibility index (Phi) is 4.01. The van der Waals surface area contributed by atoms with Crippen molar-refractivity contribution in [2.75, 3.05) is 0 Å². The molecule has 0 radical (unpaired) electrons. The van der Waals surface area contributed by atoms with Gasteiger partial charge in [0.15, 0.2) is 0 Å². The summed E-state index contributed by atoms with van der Waals surface area (Å²) in [7, 11) is 0. The summed E-state index contributed by atoms with van der Waals surface area (Å²) in [6.07, 6.45) is 0. The third-order valence-electron chi connectivity index (χ3n) is 1.73. The highest BCUT2D eigenvalue weighted by Gasteiger charge is 2.16. The van der Waals surface area contributed by atoms with Gasteiger partial charge in [0.05, 0.1) is 0 Å². The van der Waals surface area contributed by atoms with E-state index in [9.17, 15) is 0 Å². The van der Waals surface area contributed by atoms with Crippen LogP contribution in [-0.2, 0) is 0 Å². The monoisotopic (exact) mass is 168 g/mol. The Morgan fingerprint density at radius 1 is 1.25 bits per heavy atom. The number of hydrogen-bond acceptors (Lipinski definition) is 1. The highest BCUT2D eigenvalue weighted by Crippen LogP contribution is 2.12. The molecule has 1 N–H and O–H groups in total. The Labute approximate surface area is 75.8 Å². The van der Waals surface area contributed by atoms with Crippen molar-refractivity contribution >= 4 is 5.84 Å². The van der Waals surface area contributed by atoms with Crippen LogP contribution in [0.25, 0.3) is 0 Å². The van der Waals surface area contributed by atoms with E-state index >= 15 is 0 Å². The molecule has 2 nitrogen and oxygen atoms in total. The number of nitrogens with one attached hydrogen (secondary N) is 1. The molecule has 0 aromatic rings. The predicted molar refractivity (Wildman–Crippen MR) is 54.4 cm³/mol. The number of nitrogens with zero attached hydrogens (tertiary/aromatic N) is 1. The van der Waals surface area contributed by atoms with Crippen molar-refractivity contribution in [1.82, 2.24) is 4.90 Å². The van der Waals surface area contributed by atoms with E-state index in [1.54, 1.807) is 0 Å². The lowest BCUT2D eigenvalue weighted by atomic mass is 10.1. The van der Waals surface area contributed by atoms with Gasteiger partial charge < -0.3 is 4.90 Å². The van der Waals surface area contributed by atoms with Crippen molar-refractivity contribution < 1.29 is 0 Å². The topological polar surface area (TPSA) is 27.1 Å². The van der Waals surface area contributed by atoms with Gasteiger partial charge >= 0.3 is 0 Å². The highest BCUT2D eigenvalue weighted by atomic mass is 15.2. The molecule has 0 atom stereocenters. The van der Waals surface area contributed by atoms with Crippen LogP contribution in [0.3, 0.4) is 0 Å². The molecule has 0 heterocycles. The first-order valence-corrected chi connectivity index (χ1v) is 4.41. The summed E-state index contributed by atoms with van der Waals surface area (Å²) in [6, 6.07) is 0.331. The molecule has 2 heteroatoms. The molecule has 0 saturated carbocycles. The normalized spacial score (nSPS) is 10.6. The number of allylic oxidation sites excluding steroid dienone is 1. The fourth-order valence-electron chi connectivity index (χ4n) is 1.20. The van der Waals surface area contributed by atoms with Crippen LogP contribution in [0.1, 0.15) is 34.6 Å². The van der Waals surface area contributed by atoms with Gasteiger partial charge in [0.1, 0.15) is 5.84 Å². The summed E-state index contributed by atoms with van der Waals surface area (Å²) in [5.74, 6) is 0.918. The zero-order chi connectivity index (χ0) is 9.89. The van der Waals surface area contributed by atoms with Crippen LogP contribution in [0, 0.1) is 11.3 Å². The van der Waals surface area contributed by atoms with E-state index in [1.165, 1.54) is 0 Å². The standard InChI is InChI=1S/C10H20N2/c1-7(2)10(11)12(8(3)4)9(5)6/h7,9,11H,3H2,1-2,4-6H3. The Hall–Kier alpha value is -0.790. The lowest BCUT2D eigenvalue weighted by Gasteiger charge is -2.31. The molecule has 0 rings (SSSR count). The minimum atomic E-state index is 0.268. The molecule has 0 saturated heterocycles. The van der Waals surface area contributed by atoms with Crippen molar-refractivity contribution in [3.8, 4) is 0 Å². The van der Waals surface area contributed by atoms with Gasteiger partial charge in [-0.05, 0) is 20.8 Å². The average Bonchev–Trinajstić information content (AvgIpc) is 1.85. The molecule has 0 bridgehead atoms. The van der Waals surface area contributed by atoms with E-state index in [4.69, 9.17) is 5.41 Å². The Morgan fingerprint density at radius 2 is 1.67 bits per heavy atom. The molecule has 0 aliphatic carbocycles. The van der Waals surface area contributed by atoms with Crippen LogP contribution >= 0.6 is 0 Å². The maximum absolute atomic E-state index is 7.83. The first kappa shape index (κ1) is 11.2. The van der Waals surface area contributed by atoms with Crippen molar-refractivity contribution in [3.63, 3.8) is 0 Å². The predicted octanol–water partition coefficient (Wildman–Crippen LogP) is 2.86. The minimum absolute atomic E-state index is 0.268. The molecule has 0 aromatic carbocycles. The van der Waals surface area contributed by atoms with E-state index in [-0.39, 0.29) is 5.92 Å². The maximum atomic E-state index is 7.83. The van der Waals surface area contributed by atoms with Crippen LogP contribution in [0.5, 0.6) is 0 Å². The van der Waals surface area contributed by atoms with E-state index in [2.05, 4.69) is 20.4 Å². The molecule has 0 aliphatic heterocycles. The molecule has 70 valence electrons. The molecular formula is C10H20N2. The quantitative estimate of drug-likeness (QED) is 0.509. The SMILES string of the molecule is C=C(C)N(C(=N)C(C)C)C(C)C. The average molecular weight is 168 g/mol. The van der Waals surface area contributed by atoms with E-state index in [0.29, 0.717) is 11.9 Å². The summed E-state index contributed by atoms with van der Waals surface area (Å²) in [5.41, 5.74) is 0.948. The van der Waals surface area contributed by atoms with Crippen LogP contribution in [0.2, 0.25) is 0 Å². The first-order valence-electron chi connectivity index (χ1n) is 4.41. The maximum Gasteiger partial charge on any atom is 0.103 e. The third-order valence-corrected chi connectivity index (χ3v) is 1.73. The van der Waals surface area contributed by atoms with Gasteiger partial charge in [0, 0.05) is 17.7 Å². The van der Waals surface area contributed by atoms with Crippen LogP contribution < -0.4 is 0 Å². The zero-order valence-electron chi connectivity index (χ0n) is 8.81. The van der Waals surface area contributed by atoms with Crippen molar-refractivity contribution in [1.29, 1.82) is 5.41 Å². The summed E-state index contributed by atoms with van der Waals surface area (Å²) in [6.45, 7) is 14.0. The van der Waals surface area contributed by atoms with Gasteiger partial charge in [-0.25, -0.2) is 0 Å². The van der Waals surface area contributed by atoms with Crippen molar-refractivity contribution in [2.45, 2.75) is 40.7 Å². The highest BCUT2D eigenvalue weighted by molar-refractivity contribution is 5.82. The molecule has 0 unspecified atom stereocenters. The lowest BCUT2D eigenvalue weighted by molar-refractivity contribution is 0.405. The van der Waals surface area contributed by atoms with Gasteiger partial charge in [-0.1, -0.05) is 20.4 Å². The Morgan fingerprint density at radius 3 is 1.75 bits per heavy atom. The zero-order valence-corrected chi connectivity index (χ0v) is 8.81. The van der Waals surface area contributed by atoms with Crippen LogP contribution in [0.4, 0.5) is 0 Å². The van der Waals surface area contributed by atoms with Gasteiger partial charge in [-0.2, -0.15) is 0 Å². The van der Waals surface area contributed by atoms with Crippen LogP contribution in [-0.4, -0.2) is 16.8 Å². The van der Waals surface area contributed by atoms with Gasteiger partial charge in [-0.15, -0.1) is 0 Å². The molecule has 0 fully saturated rings. The third kappa shape index (κ3) is 2.68. The summed E-state index contributed by atoms with van der Waals surface area (Å²) in [5, 5.41) is 7.83. The minimum Gasteiger partial charge on any atom is -0.332 e. The fourth-order valence-corrected chi connectivity index (χ4v) is 1.20. The van der Waals surface area contributed by atoms with Crippen molar-refractivity contribution in [3.05, 3.63) is 12.3 Å². The summed E-state index contributed by atoms with van der Waals surface area (Å²) < 4.78 is 0. The molecule has 0 amide bonds. The Bertz CT molecular complexity index is 180. The van der Waals surface area contributed by atoms with E-state index < -0.39 is 0 Å². The lowest BCUT2D eigenvalue weighted by Crippen LogP contribution is -2.37. The van der Waals surface area contributed by atoms with Gasteiger partial charge in [0.25, 0.3) is 0 Å². The summed E-state index contributed by atoms with van der Waals surface area (Å²) >= 11 is 0. The number of amidine groups is 1. The second kappa shape index (κ2) is 4.29. The second-order valence-electron chi connectivity index (χ2n) is 3.74. The summed E-state index contributed by atoms with van der Waals surface area (Å²) in [4.78, 5) is 1.96. The molecule has 0 aliphatic rings. The number of rotatable bonds is 3. The fraction of sp³-hybridized carbons (Fsp3) is 0.700.